The molecule has 2 aromatic rings. The molecule has 1 atom stereocenters. The molecule has 0 aliphatic carbocycles. The van der Waals surface area contributed by atoms with Gasteiger partial charge < -0.3 is 14.8 Å². The normalized spacial score (nSPS) is 15.6. The lowest BCUT2D eigenvalue weighted by molar-refractivity contribution is 0.0922. The lowest BCUT2D eigenvalue weighted by Crippen LogP contribution is -2.33. The number of carbonyl (C=O) groups excluding carboxylic acids is 1. The fourth-order valence-corrected chi connectivity index (χ4v) is 3.59. The number of carbonyl (C=O) groups is 1. The molecule has 1 amide bonds. The van der Waals surface area contributed by atoms with E-state index >= 15 is 0 Å². The van der Waals surface area contributed by atoms with E-state index in [0.717, 1.165) is 24.6 Å². The first-order chi connectivity index (χ1) is 12.0. The molecule has 1 saturated heterocycles. The Hall–Kier alpha value is -2.01. The molecule has 1 fully saturated rings. The van der Waals surface area contributed by atoms with E-state index in [9.17, 15) is 4.79 Å². The zero-order valence-electron chi connectivity index (χ0n) is 15.0. The topological polar surface area (TPSA) is 50.2 Å². The quantitative estimate of drug-likeness (QED) is 0.882. The zero-order chi connectivity index (χ0) is 18.0. The molecule has 1 aliphatic rings. The van der Waals surface area contributed by atoms with Crippen LogP contribution in [-0.2, 0) is 7.05 Å². The third kappa shape index (κ3) is 3.82. The van der Waals surface area contributed by atoms with Crippen molar-refractivity contribution in [2.75, 3.05) is 18.0 Å². The van der Waals surface area contributed by atoms with Gasteiger partial charge in [-0.15, -0.1) is 0 Å². The Morgan fingerprint density at radius 2 is 2.00 bits per heavy atom. The maximum Gasteiger partial charge on any atom is 0.251 e. The average molecular weight is 361 g/mol. The van der Waals surface area contributed by atoms with E-state index in [0.29, 0.717) is 10.6 Å². The van der Waals surface area contributed by atoms with Crippen LogP contribution in [0.25, 0.3) is 0 Å². The number of aromatic nitrogens is 2. The Balaban J connectivity index is 1.78. The van der Waals surface area contributed by atoms with Crippen LogP contribution in [0.3, 0.4) is 0 Å². The molecule has 1 aliphatic heterocycles. The van der Waals surface area contributed by atoms with Gasteiger partial charge in [0.05, 0.1) is 16.8 Å². The van der Waals surface area contributed by atoms with Crippen LogP contribution in [0.5, 0.6) is 0 Å². The molecule has 0 spiro atoms. The van der Waals surface area contributed by atoms with E-state index in [2.05, 4.69) is 29.0 Å². The number of amides is 1. The molecule has 0 bridgehead atoms. The van der Waals surface area contributed by atoms with Crippen LogP contribution in [-0.4, -0.2) is 28.5 Å². The second-order valence-corrected chi connectivity index (χ2v) is 7.36. The predicted octanol–water partition coefficient (Wildman–Crippen LogP) is 3.80. The molecule has 0 radical (unpaired) electrons. The smallest absolute Gasteiger partial charge is 0.251 e. The van der Waals surface area contributed by atoms with Gasteiger partial charge in [0.1, 0.15) is 5.82 Å². The summed E-state index contributed by atoms with van der Waals surface area (Å²) >= 11 is 6.44. The number of anilines is 1. The van der Waals surface area contributed by atoms with E-state index in [4.69, 9.17) is 11.6 Å². The van der Waals surface area contributed by atoms with Crippen molar-refractivity contribution >= 4 is 23.2 Å². The number of nitrogens with zero attached hydrogens (tertiary/aromatic N) is 3. The molecular weight excluding hydrogens is 336 g/mol. The molecule has 3 rings (SSSR count). The van der Waals surface area contributed by atoms with Crippen molar-refractivity contribution < 1.29 is 4.79 Å². The summed E-state index contributed by atoms with van der Waals surface area (Å²) in [4.78, 5) is 19.4. The number of hydrogen-bond acceptors (Lipinski definition) is 3. The Labute approximate surface area is 154 Å². The van der Waals surface area contributed by atoms with Crippen molar-refractivity contribution in [3.8, 4) is 0 Å². The molecule has 25 heavy (non-hydrogen) atoms. The molecule has 6 heteroatoms. The maximum atomic E-state index is 12.7. The molecule has 1 aromatic heterocycles. The molecule has 2 heterocycles. The van der Waals surface area contributed by atoms with Crippen LogP contribution >= 0.6 is 11.6 Å². The number of benzene rings is 1. The van der Waals surface area contributed by atoms with E-state index in [1.807, 2.05) is 29.9 Å². The largest absolute Gasteiger partial charge is 0.370 e. The van der Waals surface area contributed by atoms with Gasteiger partial charge in [0.25, 0.3) is 5.91 Å². The summed E-state index contributed by atoms with van der Waals surface area (Å²) in [6.07, 6.45) is 6.02. The molecule has 1 aromatic carbocycles. The first kappa shape index (κ1) is 17.8. The molecule has 0 unspecified atom stereocenters. The summed E-state index contributed by atoms with van der Waals surface area (Å²) in [5.41, 5.74) is 1.59. The van der Waals surface area contributed by atoms with Crippen molar-refractivity contribution in [2.45, 2.75) is 32.7 Å². The fraction of sp³-hybridized carbons (Fsp3) is 0.474. The van der Waals surface area contributed by atoms with Crippen molar-refractivity contribution in [3.05, 3.63) is 47.0 Å². The van der Waals surface area contributed by atoms with Gasteiger partial charge in [-0.3, -0.25) is 4.79 Å². The highest BCUT2D eigenvalue weighted by atomic mass is 35.5. The Bertz CT molecular complexity index is 750. The zero-order valence-corrected chi connectivity index (χ0v) is 15.8. The average Bonchev–Trinajstić information content (AvgIpc) is 3.23. The molecule has 5 nitrogen and oxygen atoms in total. The van der Waals surface area contributed by atoms with Gasteiger partial charge >= 0.3 is 0 Å². The van der Waals surface area contributed by atoms with Crippen molar-refractivity contribution in [1.82, 2.24) is 14.9 Å². The van der Waals surface area contributed by atoms with Crippen LogP contribution in [0.2, 0.25) is 5.02 Å². The minimum atomic E-state index is -0.149. The number of imidazole rings is 1. The van der Waals surface area contributed by atoms with Crippen molar-refractivity contribution in [1.29, 1.82) is 0 Å². The molecule has 0 saturated carbocycles. The highest BCUT2D eigenvalue weighted by Gasteiger charge is 2.23. The molecule has 1 N–H and O–H groups in total. The third-order valence-corrected chi connectivity index (χ3v) is 5.05. The van der Waals surface area contributed by atoms with Gasteiger partial charge in [0.15, 0.2) is 0 Å². The number of rotatable bonds is 5. The Morgan fingerprint density at radius 3 is 2.56 bits per heavy atom. The first-order valence-electron chi connectivity index (χ1n) is 8.80. The minimum Gasteiger partial charge on any atom is -0.370 e. The summed E-state index contributed by atoms with van der Waals surface area (Å²) < 4.78 is 1.94. The second-order valence-electron chi connectivity index (χ2n) is 6.95. The summed E-state index contributed by atoms with van der Waals surface area (Å²) in [5.74, 6) is 0.948. The number of nitrogens with one attached hydrogen (secondary N) is 1. The first-order valence-corrected chi connectivity index (χ1v) is 9.17. The maximum absolute atomic E-state index is 12.7. The van der Waals surface area contributed by atoms with Gasteiger partial charge in [0, 0.05) is 38.1 Å². The second kappa shape index (κ2) is 7.48. The van der Waals surface area contributed by atoms with Crippen molar-refractivity contribution in [2.24, 2.45) is 13.0 Å². The van der Waals surface area contributed by atoms with Gasteiger partial charge in [-0.2, -0.15) is 0 Å². The van der Waals surface area contributed by atoms with E-state index < -0.39 is 0 Å². The lowest BCUT2D eigenvalue weighted by atomic mass is 10.0. The number of aryl methyl sites for hydroxylation is 1. The van der Waals surface area contributed by atoms with Crippen LogP contribution in [0.4, 0.5) is 5.69 Å². The summed E-state index contributed by atoms with van der Waals surface area (Å²) in [6.45, 7) is 6.20. The van der Waals surface area contributed by atoms with Gasteiger partial charge in [-0.25, -0.2) is 4.98 Å². The van der Waals surface area contributed by atoms with Crippen LogP contribution in [0.1, 0.15) is 48.9 Å². The Morgan fingerprint density at radius 1 is 1.28 bits per heavy atom. The standard InChI is InChI=1S/C19H25ClN4O/c1-13(2)17(18-21-8-11-23(18)3)22-19(25)14-6-7-16(15(20)12-14)24-9-4-5-10-24/h6-8,11-13,17H,4-5,9-10H2,1-3H3,(H,22,25)/t17-/m1/s1. The molecular formula is C19H25ClN4O. The van der Waals surface area contributed by atoms with Gasteiger partial charge in [-0.1, -0.05) is 25.4 Å². The van der Waals surface area contributed by atoms with Crippen LogP contribution < -0.4 is 10.2 Å². The summed E-state index contributed by atoms with van der Waals surface area (Å²) in [6, 6.07) is 5.42. The third-order valence-electron chi connectivity index (χ3n) is 4.75. The van der Waals surface area contributed by atoms with E-state index in [1.165, 1.54) is 12.8 Å². The SMILES string of the molecule is CC(C)[C@@H](NC(=O)c1ccc(N2CCCC2)c(Cl)c1)c1nccn1C. The monoisotopic (exact) mass is 360 g/mol. The lowest BCUT2D eigenvalue weighted by Gasteiger charge is -2.23. The fourth-order valence-electron chi connectivity index (χ4n) is 3.29. The van der Waals surface area contributed by atoms with Crippen LogP contribution in [0, 0.1) is 5.92 Å². The minimum absolute atomic E-state index is 0.128. The van der Waals surface area contributed by atoms with Crippen molar-refractivity contribution in [3.63, 3.8) is 0 Å². The highest BCUT2D eigenvalue weighted by molar-refractivity contribution is 6.33. The number of halogens is 1. The van der Waals surface area contributed by atoms with E-state index in [-0.39, 0.29) is 17.9 Å². The highest BCUT2D eigenvalue weighted by Crippen LogP contribution is 2.30. The molecule has 134 valence electrons. The van der Waals surface area contributed by atoms with Gasteiger partial charge in [0.2, 0.25) is 0 Å². The van der Waals surface area contributed by atoms with E-state index in [1.54, 1.807) is 12.3 Å². The summed E-state index contributed by atoms with van der Waals surface area (Å²) in [5, 5.41) is 3.73. The predicted molar refractivity (Wildman–Crippen MR) is 101 cm³/mol. The summed E-state index contributed by atoms with van der Waals surface area (Å²) in [7, 11) is 1.94. The van der Waals surface area contributed by atoms with Crippen LogP contribution in [0.15, 0.2) is 30.6 Å². The Kier molecular flexibility index (Phi) is 5.33. The van der Waals surface area contributed by atoms with Gasteiger partial charge in [-0.05, 0) is 37.0 Å². The number of hydrogen-bond donors (Lipinski definition) is 1.